The summed E-state index contributed by atoms with van der Waals surface area (Å²) in [6.07, 6.45) is 10.8. The van der Waals surface area contributed by atoms with E-state index in [4.69, 9.17) is 4.74 Å². The van der Waals surface area contributed by atoms with Crippen molar-refractivity contribution in [1.82, 2.24) is 0 Å². The smallest absolute Gasteiger partial charge is 0.316 e. The number of unbranched alkanes of at least 4 members (excludes halogenated alkanes) is 4. The fourth-order valence-electron chi connectivity index (χ4n) is 5.31. The summed E-state index contributed by atoms with van der Waals surface area (Å²) in [4.78, 5) is 0. The second-order valence-corrected chi connectivity index (χ2v) is 10.3. The number of halogens is 3. The van der Waals surface area contributed by atoms with Crippen molar-refractivity contribution >= 4 is 0 Å². The van der Waals surface area contributed by atoms with E-state index in [0.29, 0.717) is 23.5 Å². The van der Waals surface area contributed by atoms with Gasteiger partial charge in [0.2, 0.25) is 0 Å². The standard InChI is InChI=1S/C31H43F3O/c1-3-5-7-9-24-11-14-26(15-12-24)27-17-19-29(20-18-27)31(33,34)35-22-21-25-13-16-28(30(32)23-25)10-8-6-4-2/h13,16-20,23-24,26H,3-12,14-15,21-22H2,1-2H3. The van der Waals surface area contributed by atoms with Gasteiger partial charge in [0, 0.05) is 0 Å². The maximum atomic E-state index is 14.7. The van der Waals surface area contributed by atoms with E-state index in [1.54, 1.807) is 6.07 Å². The molecular weight excluding hydrogens is 445 g/mol. The number of ether oxygens (including phenoxy) is 1. The summed E-state index contributed by atoms with van der Waals surface area (Å²) in [6.45, 7) is 4.19. The Balaban J connectivity index is 1.46. The molecule has 0 bridgehead atoms. The number of alkyl halides is 2. The number of benzene rings is 2. The molecule has 2 aromatic carbocycles. The van der Waals surface area contributed by atoms with Crippen molar-refractivity contribution in [2.75, 3.05) is 6.61 Å². The largest absolute Gasteiger partial charge is 0.383 e. The van der Waals surface area contributed by atoms with Crippen LogP contribution < -0.4 is 0 Å². The van der Waals surface area contributed by atoms with Gasteiger partial charge < -0.3 is 4.74 Å². The summed E-state index contributed by atoms with van der Waals surface area (Å²) in [6, 6.07) is 11.8. The molecule has 0 amide bonds. The summed E-state index contributed by atoms with van der Waals surface area (Å²) in [5.41, 5.74) is 2.41. The lowest BCUT2D eigenvalue weighted by Gasteiger charge is -2.29. The van der Waals surface area contributed by atoms with E-state index in [0.717, 1.165) is 43.6 Å². The average Bonchev–Trinajstić information content (AvgIpc) is 2.86. The summed E-state index contributed by atoms with van der Waals surface area (Å²) in [5, 5.41) is 0. The first-order valence-corrected chi connectivity index (χ1v) is 13.8. The number of hydrogen-bond acceptors (Lipinski definition) is 1. The third-order valence-electron chi connectivity index (χ3n) is 7.62. The van der Waals surface area contributed by atoms with Gasteiger partial charge in [-0.2, -0.15) is 8.78 Å². The molecule has 0 aliphatic heterocycles. The second-order valence-electron chi connectivity index (χ2n) is 10.3. The monoisotopic (exact) mass is 488 g/mol. The molecule has 0 aromatic heterocycles. The van der Waals surface area contributed by atoms with Crippen molar-refractivity contribution in [1.29, 1.82) is 0 Å². The Morgan fingerprint density at radius 1 is 0.829 bits per heavy atom. The zero-order valence-electron chi connectivity index (χ0n) is 21.6. The first-order chi connectivity index (χ1) is 16.9. The SMILES string of the molecule is CCCCCc1ccc(CCOC(F)(F)c2ccc(C3CCC(CCCCC)CC3)cc2)cc1F. The lowest BCUT2D eigenvalue weighted by molar-refractivity contribution is -0.248. The molecular formula is C31H43F3O. The van der Waals surface area contributed by atoms with Crippen molar-refractivity contribution < 1.29 is 17.9 Å². The number of aryl methyl sites for hydroxylation is 1. The molecule has 0 heterocycles. The van der Waals surface area contributed by atoms with E-state index in [-0.39, 0.29) is 24.4 Å². The van der Waals surface area contributed by atoms with Gasteiger partial charge in [0.05, 0.1) is 12.2 Å². The predicted molar refractivity (Wildman–Crippen MR) is 138 cm³/mol. The maximum Gasteiger partial charge on any atom is 0.383 e. The van der Waals surface area contributed by atoms with Gasteiger partial charge in [-0.3, -0.25) is 0 Å². The van der Waals surface area contributed by atoms with Crippen LogP contribution in [0.4, 0.5) is 13.2 Å². The van der Waals surface area contributed by atoms with Crippen LogP contribution in [0.5, 0.6) is 0 Å². The van der Waals surface area contributed by atoms with Gasteiger partial charge in [-0.05, 0) is 79.5 Å². The van der Waals surface area contributed by atoms with Gasteiger partial charge >= 0.3 is 6.11 Å². The van der Waals surface area contributed by atoms with Crippen LogP contribution in [0.2, 0.25) is 0 Å². The van der Waals surface area contributed by atoms with E-state index in [1.165, 1.54) is 56.7 Å². The van der Waals surface area contributed by atoms with E-state index in [2.05, 4.69) is 13.8 Å². The maximum absolute atomic E-state index is 14.7. The van der Waals surface area contributed by atoms with E-state index in [1.807, 2.05) is 18.2 Å². The van der Waals surface area contributed by atoms with Crippen molar-refractivity contribution in [3.05, 3.63) is 70.5 Å². The third-order valence-corrected chi connectivity index (χ3v) is 7.62. The molecule has 0 N–H and O–H groups in total. The second kappa shape index (κ2) is 14.1. The molecule has 35 heavy (non-hydrogen) atoms. The highest BCUT2D eigenvalue weighted by atomic mass is 19.3. The van der Waals surface area contributed by atoms with E-state index in [9.17, 15) is 13.2 Å². The molecule has 0 spiro atoms. The van der Waals surface area contributed by atoms with E-state index >= 15 is 0 Å². The zero-order chi connectivity index (χ0) is 25.1. The molecule has 0 saturated heterocycles. The summed E-state index contributed by atoms with van der Waals surface area (Å²) >= 11 is 0. The highest BCUT2D eigenvalue weighted by molar-refractivity contribution is 5.28. The minimum atomic E-state index is -3.35. The van der Waals surface area contributed by atoms with Gasteiger partial charge in [0.15, 0.2) is 0 Å². The van der Waals surface area contributed by atoms with Crippen LogP contribution in [0.1, 0.15) is 113 Å². The van der Waals surface area contributed by atoms with Gasteiger partial charge in [-0.25, -0.2) is 4.39 Å². The van der Waals surface area contributed by atoms with Crippen LogP contribution in [-0.2, 0) is 23.7 Å². The van der Waals surface area contributed by atoms with Crippen molar-refractivity contribution in [3.8, 4) is 0 Å². The fraction of sp³-hybridized carbons (Fsp3) is 0.613. The van der Waals surface area contributed by atoms with Gasteiger partial charge in [-0.1, -0.05) is 88.8 Å². The molecule has 2 aromatic rings. The Kier molecular flexibility index (Phi) is 11.2. The van der Waals surface area contributed by atoms with E-state index < -0.39 is 6.11 Å². The lowest BCUT2D eigenvalue weighted by Crippen LogP contribution is -2.20. The Bertz CT molecular complexity index is 869. The molecule has 1 saturated carbocycles. The summed E-state index contributed by atoms with van der Waals surface area (Å²) in [5.74, 6) is 1.05. The highest BCUT2D eigenvalue weighted by Crippen LogP contribution is 2.39. The zero-order valence-corrected chi connectivity index (χ0v) is 21.6. The van der Waals surface area contributed by atoms with Crippen LogP contribution in [0.3, 0.4) is 0 Å². The first kappa shape index (κ1) is 27.8. The lowest BCUT2D eigenvalue weighted by atomic mass is 9.77. The molecule has 0 unspecified atom stereocenters. The Morgan fingerprint density at radius 3 is 2.17 bits per heavy atom. The van der Waals surface area contributed by atoms with Crippen LogP contribution in [0.25, 0.3) is 0 Å². The normalized spacial score (nSPS) is 18.7. The Morgan fingerprint density at radius 2 is 1.51 bits per heavy atom. The average molecular weight is 489 g/mol. The quantitative estimate of drug-likeness (QED) is 0.240. The van der Waals surface area contributed by atoms with Gasteiger partial charge in [-0.15, -0.1) is 0 Å². The van der Waals surface area contributed by atoms with Crippen LogP contribution >= 0.6 is 0 Å². The highest BCUT2D eigenvalue weighted by Gasteiger charge is 2.33. The van der Waals surface area contributed by atoms with Crippen molar-refractivity contribution in [2.45, 2.75) is 109 Å². The first-order valence-electron chi connectivity index (χ1n) is 13.8. The molecule has 1 aliphatic carbocycles. The molecule has 1 fully saturated rings. The summed E-state index contributed by atoms with van der Waals surface area (Å²) < 4.78 is 48.6. The molecule has 1 aliphatic rings. The predicted octanol–water partition coefficient (Wildman–Crippen LogP) is 9.72. The minimum Gasteiger partial charge on any atom is -0.316 e. The van der Waals surface area contributed by atoms with Crippen LogP contribution in [-0.4, -0.2) is 6.61 Å². The molecule has 194 valence electrons. The molecule has 4 heteroatoms. The Hall–Kier alpha value is -1.81. The Labute approximate surface area is 210 Å². The minimum absolute atomic E-state index is 0.119. The van der Waals surface area contributed by atoms with Crippen LogP contribution in [0.15, 0.2) is 42.5 Å². The fourth-order valence-corrected chi connectivity index (χ4v) is 5.31. The van der Waals surface area contributed by atoms with Gasteiger partial charge in [0.25, 0.3) is 0 Å². The number of hydrogen-bond donors (Lipinski definition) is 0. The molecule has 0 radical (unpaired) electrons. The third kappa shape index (κ3) is 8.66. The van der Waals surface area contributed by atoms with Crippen molar-refractivity contribution in [3.63, 3.8) is 0 Å². The summed E-state index contributed by atoms with van der Waals surface area (Å²) in [7, 11) is 0. The van der Waals surface area contributed by atoms with Crippen LogP contribution in [0, 0.1) is 11.7 Å². The molecule has 1 nitrogen and oxygen atoms in total. The van der Waals surface area contributed by atoms with Crippen molar-refractivity contribution in [2.24, 2.45) is 5.92 Å². The molecule has 0 atom stereocenters. The topological polar surface area (TPSA) is 9.23 Å². The molecule has 3 rings (SSSR count). The number of rotatable bonds is 14. The van der Waals surface area contributed by atoms with Gasteiger partial charge in [0.1, 0.15) is 5.82 Å².